The molecule has 0 spiro atoms. The maximum absolute atomic E-state index is 2.42. The molecule has 89 heavy (non-hydrogen) atoms. The van der Waals surface area contributed by atoms with Crippen molar-refractivity contribution in [2.75, 3.05) is 0 Å². The summed E-state index contributed by atoms with van der Waals surface area (Å²) in [5.74, 6) is 0. The molecule has 2 nitrogen and oxygen atoms in total. The lowest BCUT2D eigenvalue weighted by Crippen LogP contribution is -1.92. The second kappa shape index (κ2) is 19.6. The highest BCUT2D eigenvalue weighted by atomic mass is 32.1. The first-order valence-electron chi connectivity index (χ1n) is 30.7. The highest BCUT2D eigenvalue weighted by molar-refractivity contribution is 7.25. The van der Waals surface area contributed by atoms with E-state index in [9.17, 15) is 0 Å². The summed E-state index contributed by atoms with van der Waals surface area (Å²) in [6.07, 6.45) is 0. The molecule has 0 bridgehead atoms. The molecule has 3 aromatic heterocycles. The number of thiophene rings is 1. The molecule has 0 radical (unpaired) electrons. The molecule has 3 heteroatoms. The highest BCUT2D eigenvalue weighted by Crippen LogP contribution is 2.52. The summed E-state index contributed by atoms with van der Waals surface area (Å²) in [4.78, 5) is 0. The third-order valence-corrected chi connectivity index (χ3v) is 20.3. The predicted octanol–water partition coefficient (Wildman–Crippen LogP) is 24.2. The summed E-state index contributed by atoms with van der Waals surface area (Å²) >= 11 is 1.88. The second-order valence-electron chi connectivity index (χ2n) is 23.8. The van der Waals surface area contributed by atoms with E-state index in [4.69, 9.17) is 0 Å². The van der Waals surface area contributed by atoms with Crippen LogP contribution in [0.1, 0.15) is 0 Å². The van der Waals surface area contributed by atoms with Gasteiger partial charge in [-0.3, -0.25) is 0 Å². The maximum Gasteiger partial charge on any atom is 0.0547 e. The molecular weight excluding hydrogens is 1090 g/mol. The Morgan fingerprint density at radius 1 is 0.180 bits per heavy atom. The number of fused-ring (bicyclic) bond motifs is 15. The van der Waals surface area contributed by atoms with Crippen LogP contribution in [0.2, 0.25) is 0 Å². The largest absolute Gasteiger partial charge is 0.309 e. The molecule has 20 rings (SSSR count). The molecule has 0 saturated carbocycles. The number of para-hydroxylation sites is 4. The van der Waals surface area contributed by atoms with Gasteiger partial charge in [-0.05, 0) is 189 Å². The number of aromatic nitrogens is 2. The Balaban J connectivity index is 0.000000130. The fourth-order valence-corrected chi connectivity index (χ4v) is 16.3. The van der Waals surface area contributed by atoms with E-state index in [1.807, 2.05) is 11.3 Å². The summed E-state index contributed by atoms with van der Waals surface area (Å²) in [5.41, 5.74) is 28.1. The van der Waals surface area contributed by atoms with E-state index in [1.54, 1.807) is 0 Å². The molecular formula is C86H52N2S. The number of hydrogen-bond acceptors (Lipinski definition) is 1. The first kappa shape index (κ1) is 49.9. The van der Waals surface area contributed by atoms with Crippen molar-refractivity contribution in [3.05, 3.63) is 315 Å². The summed E-state index contributed by atoms with van der Waals surface area (Å²) in [6.45, 7) is 0. The van der Waals surface area contributed by atoms with Crippen LogP contribution in [0.25, 0.3) is 186 Å². The molecule has 0 atom stereocenters. The van der Waals surface area contributed by atoms with E-state index >= 15 is 0 Å². The van der Waals surface area contributed by atoms with Crippen molar-refractivity contribution in [3.8, 4) is 100 Å². The molecule has 0 unspecified atom stereocenters. The van der Waals surface area contributed by atoms with Crippen LogP contribution in [-0.2, 0) is 0 Å². The maximum atomic E-state index is 2.42. The minimum atomic E-state index is 1.18. The van der Waals surface area contributed by atoms with Crippen LogP contribution >= 0.6 is 11.3 Å². The minimum Gasteiger partial charge on any atom is -0.309 e. The van der Waals surface area contributed by atoms with Gasteiger partial charge in [-0.25, -0.2) is 0 Å². The molecule has 0 saturated heterocycles. The van der Waals surface area contributed by atoms with Crippen LogP contribution in [0.5, 0.6) is 0 Å². The Morgan fingerprint density at radius 2 is 0.539 bits per heavy atom. The van der Waals surface area contributed by atoms with Crippen LogP contribution < -0.4 is 0 Å². The van der Waals surface area contributed by atoms with E-state index in [0.29, 0.717) is 0 Å². The quantitative estimate of drug-likeness (QED) is 0.157. The monoisotopic (exact) mass is 1140 g/mol. The second-order valence-corrected chi connectivity index (χ2v) is 24.9. The first-order chi connectivity index (χ1) is 44.2. The van der Waals surface area contributed by atoms with Crippen molar-refractivity contribution in [1.82, 2.24) is 9.13 Å². The van der Waals surface area contributed by atoms with Crippen molar-refractivity contribution in [3.63, 3.8) is 0 Å². The van der Waals surface area contributed by atoms with Gasteiger partial charge in [0.1, 0.15) is 0 Å². The Hall–Kier alpha value is -11.4. The third kappa shape index (κ3) is 7.56. The van der Waals surface area contributed by atoms with Crippen LogP contribution in [0.3, 0.4) is 0 Å². The summed E-state index contributed by atoms with van der Waals surface area (Å²) in [5, 5.41) is 13.1. The fourth-order valence-electron chi connectivity index (χ4n) is 15.2. The zero-order chi connectivity index (χ0) is 58.3. The zero-order valence-corrected chi connectivity index (χ0v) is 49.1. The molecule has 0 fully saturated rings. The van der Waals surface area contributed by atoms with Gasteiger partial charge < -0.3 is 9.13 Å². The van der Waals surface area contributed by atoms with Crippen molar-refractivity contribution < 1.29 is 0 Å². The Labute approximate surface area is 518 Å². The topological polar surface area (TPSA) is 9.86 Å². The molecule has 18 aromatic rings. The molecule has 0 aliphatic heterocycles. The molecule has 0 amide bonds. The van der Waals surface area contributed by atoms with Crippen LogP contribution in [-0.4, -0.2) is 9.13 Å². The van der Waals surface area contributed by atoms with Crippen LogP contribution in [0, 0.1) is 0 Å². The molecule has 2 aliphatic carbocycles. The van der Waals surface area contributed by atoms with E-state index in [-0.39, 0.29) is 0 Å². The number of benzene rings is 15. The minimum absolute atomic E-state index is 1.18. The zero-order valence-electron chi connectivity index (χ0n) is 48.3. The van der Waals surface area contributed by atoms with Crippen LogP contribution in [0.4, 0.5) is 0 Å². The van der Waals surface area contributed by atoms with Crippen molar-refractivity contribution in [1.29, 1.82) is 0 Å². The van der Waals surface area contributed by atoms with Crippen molar-refractivity contribution in [2.45, 2.75) is 0 Å². The van der Waals surface area contributed by atoms with Gasteiger partial charge in [0.2, 0.25) is 0 Å². The molecule has 15 aromatic carbocycles. The number of rotatable bonds is 6. The van der Waals surface area contributed by atoms with Crippen molar-refractivity contribution >= 4 is 96.7 Å². The van der Waals surface area contributed by atoms with Gasteiger partial charge in [0, 0.05) is 53.1 Å². The van der Waals surface area contributed by atoms with E-state index < -0.39 is 0 Å². The Kier molecular flexibility index (Phi) is 11.0. The molecule has 412 valence electrons. The first-order valence-corrected chi connectivity index (χ1v) is 31.5. The predicted molar refractivity (Wildman–Crippen MR) is 380 cm³/mol. The third-order valence-electron chi connectivity index (χ3n) is 19.1. The van der Waals surface area contributed by atoms with Gasteiger partial charge in [-0.1, -0.05) is 237 Å². The number of nitrogens with zero attached hydrogens (tertiary/aromatic N) is 2. The lowest BCUT2D eigenvalue weighted by atomic mass is 9.92. The van der Waals surface area contributed by atoms with Crippen LogP contribution in [0.15, 0.2) is 315 Å². The van der Waals surface area contributed by atoms with E-state index in [1.165, 1.54) is 186 Å². The van der Waals surface area contributed by atoms with Gasteiger partial charge in [-0.2, -0.15) is 0 Å². The van der Waals surface area contributed by atoms with Gasteiger partial charge in [0.05, 0.1) is 22.1 Å². The van der Waals surface area contributed by atoms with E-state index in [0.717, 1.165) is 0 Å². The average molecular weight is 1150 g/mol. The highest BCUT2D eigenvalue weighted by Gasteiger charge is 2.25. The lowest BCUT2D eigenvalue weighted by molar-refractivity contribution is 1.18. The molecule has 0 N–H and O–H groups in total. The Bertz CT molecular complexity index is 5900. The SMILES string of the molecule is c1ccc(-n2c3ccccc3c3c(-c4ccc(-c5ccc6c7c(cccc57)-c5ccccc5-6)cc4)cccc32)cc1.c1ccc(-n2c3ccccc3c3cc(-c4ccc5sc6ccc(-c7ccc8c9c(cccc79)-c7ccccc7-8)cc6c5c4)ccc32)cc1. The summed E-state index contributed by atoms with van der Waals surface area (Å²) in [7, 11) is 0. The lowest BCUT2D eigenvalue weighted by Gasteiger charge is -2.11. The molecule has 2 aliphatic rings. The van der Waals surface area contributed by atoms with E-state index in [2.05, 4.69) is 325 Å². The molecule has 3 heterocycles. The van der Waals surface area contributed by atoms with Gasteiger partial charge >= 0.3 is 0 Å². The average Bonchev–Trinajstić information content (AvgIpc) is 1.88. The summed E-state index contributed by atoms with van der Waals surface area (Å²) < 4.78 is 7.41. The number of hydrogen-bond donors (Lipinski definition) is 0. The Morgan fingerprint density at radius 3 is 1.13 bits per heavy atom. The standard InChI is InChI=1S/C46H27NS.C40H25N/c1-2-9-31(10-3-1)47-42-16-7-6-13-35(42)39-25-28(17-22-43(39)47)29-18-23-44-40(26-29)41-27-30(19-24-45(41)48-44)32-20-21-38-34-12-5-4-11-33(34)37-15-8-14-36(32)46(37)38;1-2-10-28(11-3-1)41-37-18-7-6-14-36(37)40-30(15-9-19-38(40)41)27-22-20-26(21-23-27)29-24-25-35-32-13-5-4-12-31(32)34-17-8-16-33(29)39(34)35/h1-27H;1-25H. The van der Waals surface area contributed by atoms with Crippen molar-refractivity contribution in [2.24, 2.45) is 0 Å². The fraction of sp³-hybridized carbons (Fsp3) is 0. The van der Waals surface area contributed by atoms with Gasteiger partial charge in [0.15, 0.2) is 0 Å². The van der Waals surface area contributed by atoms with Gasteiger partial charge in [-0.15, -0.1) is 11.3 Å². The van der Waals surface area contributed by atoms with Gasteiger partial charge in [0.25, 0.3) is 0 Å². The smallest absolute Gasteiger partial charge is 0.0547 e. The summed E-state index contributed by atoms with van der Waals surface area (Å²) in [6, 6.07) is 116. The normalized spacial score (nSPS) is 12.0.